The number of hydrogen-bond acceptors (Lipinski definition) is 2. The van der Waals surface area contributed by atoms with Crippen LogP contribution in [0.5, 0.6) is 0 Å². The van der Waals surface area contributed by atoms with E-state index in [0.29, 0.717) is 0 Å². The highest BCUT2D eigenvalue weighted by Gasteiger charge is 1.87. The van der Waals surface area contributed by atoms with Crippen molar-refractivity contribution in [1.82, 2.24) is 0 Å². The van der Waals surface area contributed by atoms with Gasteiger partial charge in [-0.3, -0.25) is 0 Å². The summed E-state index contributed by atoms with van der Waals surface area (Å²) < 4.78 is 0. The average Bonchev–Trinajstić information content (AvgIpc) is 1.61. The second kappa shape index (κ2) is 3.64. The fourth-order valence-corrected chi connectivity index (χ4v) is 0.322. The predicted molar refractivity (Wildman–Crippen MR) is 32.5 cm³/mol. The summed E-state index contributed by atoms with van der Waals surface area (Å²) in [5.74, 6) is 0. The van der Waals surface area contributed by atoms with Gasteiger partial charge >= 0.3 is 0 Å². The fraction of sp³-hybridized carbons (Fsp3) is 0.667. The van der Waals surface area contributed by atoms with Crippen molar-refractivity contribution in [3.8, 4) is 0 Å². The second-order valence-corrected chi connectivity index (χ2v) is 1.87. The van der Waals surface area contributed by atoms with E-state index in [2.05, 4.69) is 0 Å². The minimum absolute atomic E-state index is 0.454. The summed E-state index contributed by atoms with van der Waals surface area (Å²) in [4.78, 5) is 0. The SMILES string of the molecule is C[C@@H](O)/C=C/[C@@H](C)O. The Morgan fingerprint density at radius 3 is 1.38 bits per heavy atom. The molecule has 0 aliphatic carbocycles. The van der Waals surface area contributed by atoms with Crippen molar-refractivity contribution in [2.45, 2.75) is 26.1 Å². The molecular formula is C6H12O2. The van der Waals surface area contributed by atoms with E-state index >= 15 is 0 Å². The van der Waals surface area contributed by atoms with E-state index < -0.39 is 12.2 Å². The first-order chi connectivity index (χ1) is 3.63. The second-order valence-electron chi connectivity index (χ2n) is 1.87. The summed E-state index contributed by atoms with van der Waals surface area (Å²) in [6.45, 7) is 3.28. The Morgan fingerprint density at radius 1 is 1.00 bits per heavy atom. The first-order valence-electron chi connectivity index (χ1n) is 2.67. The lowest BCUT2D eigenvalue weighted by atomic mass is 10.3. The maximum Gasteiger partial charge on any atom is 0.0693 e. The maximum atomic E-state index is 8.60. The minimum atomic E-state index is -0.454. The van der Waals surface area contributed by atoms with Crippen LogP contribution in [-0.2, 0) is 0 Å². The lowest BCUT2D eigenvalue weighted by Gasteiger charge is -1.94. The molecule has 0 radical (unpaired) electrons. The van der Waals surface area contributed by atoms with Crippen molar-refractivity contribution < 1.29 is 10.2 Å². The van der Waals surface area contributed by atoms with Gasteiger partial charge in [-0.05, 0) is 13.8 Å². The van der Waals surface area contributed by atoms with E-state index in [1.54, 1.807) is 26.0 Å². The third-order valence-electron chi connectivity index (χ3n) is 0.668. The summed E-state index contributed by atoms with van der Waals surface area (Å²) >= 11 is 0. The van der Waals surface area contributed by atoms with Crippen LogP contribution in [0, 0.1) is 0 Å². The molecule has 0 aromatic rings. The summed E-state index contributed by atoms with van der Waals surface area (Å²) in [6, 6.07) is 0. The van der Waals surface area contributed by atoms with Crippen LogP contribution in [0.4, 0.5) is 0 Å². The van der Waals surface area contributed by atoms with Gasteiger partial charge in [-0.25, -0.2) is 0 Å². The van der Waals surface area contributed by atoms with Gasteiger partial charge in [-0.15, -0.1) is 0 Å². The third kappa shape index (κ3) is 5.66. The van der Waals surface area contributed by atoms with Crippen LogP contribution < -0.4 is 0 Å². The van der Waals surface area contributed by atoms with Crippen LogP contribution in [-0.4, -0.2) is 22.4 Å². The van der Waals surface area contributed by atoms with Gasteiger partial charge in [0.1, 0.15) is 0 Å². The molecule has 0 aliphatic rings. The average molecular weight is 116 g/mol. The van der Waals surface area contributed by atoms with Crippen molar-refractivity contribution in [1.29, 1.82) is 0 Å². The Labute approximate surface area is 49.5 Å². The molecular weight excluding hydrogens is 104 g/mol. The zero-order valence-electron chi connectivity index (χ0n) is 5.20. The third-order valence-corrected chi connectivity index (χ3v) is 0.668. The van der Waals surface area contributed by atoms with Gasteiger partial charge in [-0.2, -0.15) is 0 Å². The minimum Gasteiger partial charge on any atom is -0.389 e. The molecule has 0 aliphatic heterocycles. The normalized spacial score (nSPS) is 19.0. The molecule has 0 aromatic heterocycles. The highest BCUT2D eigenvalue weighted by molar-refractivity contribution is 4.89. The molecule has 8 heavy (non-hydrogen) atoms. The Morgan fingerprint density at radius 2 is 1.25 bits per heavy atom. The fourth-order valence-electron chi connectivity index (χ4n) is 0.322. The van der Waals surface area contributed by atoms with E-state index in [-0.39, 0.29) is 0 Å². The van der Waals surface area contributed by atoms with Crippen molar-refractivity contribution in [2.75, 3.05) is 0 Å². The van der Waals surface area contributed by atoms with E-state index in [1.807, 2.05) is 0 Å². The molecule has 0 bridgehead atoms. The molecule has 0 saturated heterocycles. The maximum absolute atomic E-state index is 8.60. The largest absolute Gasteiger partial charge is 0.389 e. The zero-order valence-corrected chi connectivity index (χ0v) is 5.20. The Bertz CT molecular complexity index is 64.6. The van der Waals surface area contributed by atoms with Crippen LogP contribution in [0.15, 0.2) is 12.2 Å². The van der Waals surface area contributed by atoms with Crippen LogP contribution >= 0.6 is 0 Å². The lowest BCUT2D eigenvalue weighted by molar-refractivity contribution is 0.228. The molecule has 2 heteroatoms. The number of hydrogen-bond donors (Lipinski definition) is 2. The number of rotatable bonds is 2. The highest BCUT2D eigenvalue weighted by Crippen LogP contribution is 1.86. The lowest BCUT2D eigenvalue weighted by Crippen LogP contribution is -1.97. The highest BCUT2D eigenvalue weighted by atomic mass is 16.3. The summed E-state index contributed by atoms with van der Waals surface area (Å²) in [6.07, 6.45) is 2.18. The van der Waals surface area contributed by atoms with Crippen molar-refractivity contribution in [3.63, 3.8) is 0 Å². The van der Waals surface area contributed by atoms with Crippen LogP contribution in [0.1, 0.15) is 13.8 Å². The van der Waals surface area contributed by atoms with E-state index in [4.69, 9.17) is 10.2 Å². The van der Waals surface area contributed by atoms with E-state index in [9.17, 15) is 0 Å². The molecule has 0 saturated carbocycles. The van der Waals surface area contributed by atoms with Gasteiger partial charge in [0.25, 0.3) is 0 Å². The van der Waals surface area contributed by atoms with Crippen molar-refractivity contribution in [3.05, 3.63) is 12.2 Å². The molecule has 2 atom stereocenters. The monoisotopic (exact) mass is 116 g/mol. The quantitative estimate of drug-likeness (QED) is 0.509. The van der Waals surface area contributed by atoms with Crippen LogP contribution in [0.3, 0.4) is 0 Å². The molecule has 0 unspecified atom stereocenters. The summed E-state index contributed by atoms with van der Waals surface area (Å²) in [7, 11) is 0. The summed E-state index contributed by atoms with van der Waals surface area (Å²) in [5, 5.41) is 17.2. The van der Waals surface area contributed by atoms with E-state index in [1.165, 1.54) is 0 Å². The predicted octanol–water partition coefficient (Wildman–Crippen LogP) is 0.304. The Hall–Kier alpha value is -0.340. The van der Waals surface area contributed by atoms with Crippen LogP contribution in [0.25, 0.3) is 0 Å². The molecule has 0 fully saturated rings. The topological polar surface area (TPSA) is 40.5 Å². The van der Waals surface area contributed by atoms with Gasteiger partial charge in [-0.1, -0.05) is 12.2 Å². The van der Waals surface area contributed by atoms with E-state index in [0.717, 1.165) is 0 Å². The van der Waals surface area contributed by atoms with Gasteiger partial charge in [0.05, 0.1) is 12.2 Å². The number of aliphatic hydroxyl groups excluding tert-OH is 2. The smallest absolute Gasteiger partial charge is 0.0693 e. The molecule has 0 rings (SSSR count). The van der Waals surface area contributed by atoms with Crippen molar-refractivity contribution in [2.24, 2.45) is 0 Å². The Kier molecular flexibility index (Phi) is 3.48. The van der Waals surface area contributed by atoms with Crippen LogP contribution in [0.2, 0.25) is 0 Å². The molecule has 0 aromatic carbocycles. The molecule has 0 heterocycles. The van der Waals surface area contributed by atoms with Crippen molar-refractivity contribution >= 4 is 0 Å². The van der Waals surface area contributed by atoms with Gasteiger partial charge in [0.2, 0.25) is 0 Å². The first kappa shape index (κ1) is 7.66. The molecule has 48 valence electrons. The zero-order chi connectivity index (χ0) is 6.57. The van der Waals surface area contributed by atoms with Gasteiger partial charge in [0.15, 0.2) is 0 Å². The Balaban J connectivity index is 3.34. The molecule has 2 N–H and O–H groups in total. The number of aliphatic hydroxyl groups is 2. The first-order valence-corrected chi connectivity index (χ1v) is 2.67. The van der Waals surface area contributed by atoms with Gasteiger partial charge < -0.3 is 10.2 Å². The molecule has 2 nitrogen and oxygen atoms in total. The van der Waals surface area contributed by atoms with Gasteiger partial charge in [0, 0.05) is 0 Å². The standard InChI is InChI=1S/C6H12O2/c1-5(7)3-4-6(2)8/h3-8H,1-2H3/b4-3+/t5-,6-/m1/s1. The molecule has 0 spiro atoms. The summed E-state index contributed by atoms with van der Waals surface area (Å²) in [5.41, 5.74) is 0. The molecule has 0 amide bonds.